The normalized spacial score (nSPS) is 10.7. The van der Waals surface area contributed by atoms with Gasteiger partial charge >= 0.3 is 12.1 Å². The number of urea groups is 1. The smallest absolute Gasteiger partial charge is 0.323 e. The molecule has 7 heteroatoms. The summed E-state index contributed by atoms with van der Waals surface area (Å²) in [6.45, 7) is 1.81. The fourth-order valence-electron chi connectivity index (χ4n) is 3.35. The van der Waals surface area contributed by atoms with Crippen LogP contribution in [0.3, 0.4) is 0 Å². The highest BCUT2D eigenvalue weighted by molar-refractivity contribution is 6.00. The first-order valence-corrected chi connectivity index (χ1v) is 9.27. The van der Waals surface area contributed by atoms with Gasteiger partial charge < -0.3 is 16.4 Å². The number of nitrogens with one attached hydrogen (secondary N) is 2. The van der Waals surface area contributed by atoms with Crippen molar-refractivity contribution in [2.75, 3.05) is 10.6 Å². The van der Waals surface area contributed by atoms with Gasteiger partial charge in [-0.05, 0) is 54.4 Å². The van der Waals surface area contributed by atoms with Gasteiger partial charge in [-0.15, -0.1) is 0 Å². The summed E-state index contributed by atoms with van der Waals surface area (Å²) >= 11 is 0. The van der Waals surface area contributed by atoms with E-state index in [-0.39, 0.29) is 5.69 Å². The number of benzene rings is 3. The molecule has 6 nitrogen and oxygen atoms in total. The van der Waals surface area contributed by atoms with Crippen molar-refractivity contribution in [2.24, 2.45) is 5.73 Å². The van der Waals surface area contributed by atoms with E-state index in [1.165, 1.54) is 10.6 Å². The van der Waals surface area contributed by atoms with Crippen LogP contribution in [0.5, 0.6) is 0 Å². The molecule has 0 bridgehead atoms. The number of fused-ring (bicyclic) bond motifs is 1. The monoisotopic (exact) mass is 402 g/mol. The molecule has 0 atom stereocenters. The van der Waals surface area contributed by atoms with Gasteiger partial charge in [0.2, 0.25) is 0 Å². The predicted octanol–water partition coefficient (Wildman–Crippen LogP) is 5.33. The minimum Gasteiger partial charge on any atom is -0.351 e. The number of halogens is 1. The van der Waals surface area contributed by atoms with E-state index in [1.807, 2.05) is 37.3 Å². The third-order valence-corrected chi connectivity index (χ3v) is 4.74. The summed E-state index contributed by atoms with van der Waals surface area (Å²) in [5.74, 6) is -0.509. The number of aryl methyl sites for hydroxylation is 1. The molecule has 4 rings (SSSR count). The average Bonchev–Trinajstić information content (AvgIpc) is 3.11. The molecule has 0 aliphatic heterocycles. The first-order chi connectivity index (χ1) is 14.4. The van der Waals surface area contributed by atoms with Gasteiger partial charge in [0.05, 0.1) is 16.9 Å². The molecule has 0 fully saturated rings. The van der Waals surface area contributed by atoms with Gasteiger partial charge in [0.1, 0.15) is 5.82 Å². The van der Waals surface area contributed by atoms with Gasteiger partial charge in [0.15, 0.2) is 0 Å². The van der Waals surface area contributed by atoms with Crippen LogP contribution in [0.2, 0.25) is 0 Å². The topological polar surface area (TPSA) is 89.2 Å². The molecular formula is C23H19FN4O2. The Morgan fingerprint density at radius 2 is 1.67 bits per heavy atom. The second-order valence-corrected chi connectivity index (χ2v) is 6.90. The Bertz CT molecular complexity index is 1260. The molecule has 0 radical (unpaired) electrons. The molecule has 0 saturated heterocycles. The number of rotatable bonds is 3. The van der Waals surface area contributed by atoms with Crippen LogP contribution in [0.4, 0.5) is 25.4 Å². The molecule has 1 aromatic heterocycles. The number of aromatic nitrogens is 1. The highest BCUT2D eigenvalue weighted by Crippen LogP contribution is 2.29. The van der Waals surface area contributed by atoms with E-state index in [2.05, 4.69) is 10.6 Å². The van der Waals surface area contributed by atoms with Gasteiger partial charge in [0.25, 0.3) is 0 Å². The Kier molecular flexibility index (Phi) is 4.93. The maximum atomic E-state index is 13.8. The summed E-state index contributed by atoms with van der Waals surface area (Å²) in [6, 6.07) is 19.6. The maximum Gasteiger partial charge on any atom is 0.323 e. The number of nitrogens with two attached hydrogens (primary N) is 1. The van der Waals surface area contributed by atoms with E-state index in [0.717, 1.165) is 22.0 Å². The summed E-state index contributed by atoms with van der Waals surface area (Å²) in [6.07, 6.45) is 0. The minimum atomic E-state index is -0.576. The van der Waals surface area contributed by atoms with Crippen LogP contribution in [-0.4, -0.2) is 16.6 Å². The third-order valence-electron chi connectivity index (χ3n) is 4.74. The molecule has 150 valence electrons. The average molecular weight is 402 g/mol. The number of nitrogens with zero attached hydrogens (tertiary/aromatic N) is 1. The quantitative estimate of drug-likeness (QED) is 0.433. The largest absolute Gasteiger partial charge is 0.351 e. The van der Waals surface area contributed by atoms with Crippen LogP contribution in [0.25, 0.3) is 22.2 Å². The van der Waals surface area contributed by atoms with Crippen LogP contribution < -0.4 is 16.4 Å². The van der Waals surface area contributed by atoms with Crippen molar-refractivity contribution in [3.05, 3.63) is 84.2 Å². The van der Waals surface area contributed by atoms with Crippen molar-refractivity contribution in [2.45, 2.75) is 6.92 Å². The van der Waals surface area contributed by atoms with E-state index < -0.39 is 17.9 Å². The third kappa shape index (κ3) is 3.73. The van der Waals surface area contributed by atoms with Crippen molar-refractivity contribution in [3.8, 4) is 11.3 Å². The molecule has 3 amide bonds. The Hall–Kier alpha value is -4.13. The van der Waals surface area contributed by atoms with E-state index in [1.54, 1.807) is 36.4 Å². The minimum absolute atomic E-state index is 0.107. The molecule has 0 saturated carbocycles. The van der Waals surface area contributed by atoms with Gasteiger partial charge in [-0.2, -0.15) is 0 Å². The lowest BCUT2D eigenvalue weighted by Gasteiger charge is -2.10. The molecule has 0 spiro atoms. The van der Waals surface area contributed by atoms with Crippen LogP contribution in [0, 0.1) is 12.7 Å². The lowest BCUT2D eigenvalue weighted by molar-refractivity contribution is 0.251. The molecule has 1 heterocycles. The lowest BCUT2D eigenvalue weighted by Crippen LogP contribution is -2.20. The molecule has 0 aliphatic rings. The van der Waals surface area contributed by atoms with E-state index in [9.17, 15) is 14.0 Å². The highest BCUT2D eigenvalue weighted by Gasteiger charge is 2.14. The number of anilines is 2. The summed E-state index contributed by atoms with van der Waals surface area (Å²) in [7, 11) is 0. The zero-order valence-electron chi connectivity index (χ0n) is 16.1. The molecule has 3 aromatic carbocycles. The van der Waals surface area contributed by atoms with Crippen molar-refractivity contribution >= 4 is 34.3 Å². The first kappa shape index (κ1) is 19.2. The van der Waals surface area contributed by atoms with E-state index in [4.69, 9.17) is 5.73 Å². The zero-order chi connectivity index (χ0) is 21.3. The van der Waals surface area contributed by atoms with Gasteiger partial charge in [0, 0.05) is 11.1 Å². The number of para-hydroxylation sites is 1. The molecule has 4 aromatic rings. The number of hydrogen-bond acceptors (Lipinski definition) is 2. The van der Waals surface area contributed by atoms with Gasteiger partial charge in [-0.3, -0.25) is 4.57 Å². The molecule has 30 heavy (non-hydrogen) atoms. The Morgan fingerprint density at radius 3 is 2.40 bits per heavy atom. The maximum absolute atomic E-state index is 13.8. The Labute approximate surface area is 172 Å². The molecule has 4 N–H and O–H groups in total. The number of primary amides is 1. The second-order valence-electron chi connectivity index (χ2n) is 6.90. The molecule has 0 aliphatic carbocycles. The summed E-state index contributed by atoms with van der Waals surface area (Å²) in [5, 5.41) is 6.06. The fourth-order valence-corrected chi connectivity index (χ4v) is 3.35. The van der Waals surface area contributed by atoms with E-state index in [0.29, 0.717) is 11.4 Å². The number of hydrogen-bond donors (Lipinski definition) is 3. The van der Waals surface area contributed by atoms with Crippen LogP contribution in [0.1, 0.15) is 5.56 Å². The predicted molar refractivity (Wildman–Crippen MR) is 116 cm³/mol. The Morgan fingerprint density at radius 1 is 0.933 bits per heavy atom. The molecule has 0 unspecified atom stereocenters. The van der Waals surface area contributed by atoms with Gasteiger partial charge in [-0.1, -0.05) is 36.4 Å². The van der Waals surface area contributed by atoms with Crippen LogP contribution in [0.15, 0.2) is 72.8 Å². The fraction of sp³-hybridized carbons (Fsp3) is 0.0435. The Balaban J connectivity index is 1.56. The van der Waals surface area contributed by atoms with Crippen LogP contribution >= 0.6 is 0 Å². The van der Waals surface area contributed by atoms with Crippen LogP contribution in [-0.2, 0) is 0 Å². The van der Waals surface area contributed by atoms with E-state index >= 15 is 0 Å². The number of carbonyl (C=O) groups excluding carboxylic acids is 2. The summed E-state index contributed by atoms with van der Waals surface area (Å²) in [5.41, 5.74) is 9.19. The zero-order valence-corrected chi connectivity index (χ0v) is 16.1. The SMILES string of the molecule is Cc1ccc(F)c(NC(=O)Nc2ccc(-c3cc4ccccc4n3C(N)=O)cc2)c1. The van der Waals surface area contributed by atoms with Crippen molar-refractivity contribution in [1.82, 2.24) is 4.57 Å². The summed E-state index contributed by atoms with van der Waals surface area (Å²) in [4.78, 5) is 24.2. The van der Waals surface area contributed by atoms with Crippen molar-refractivity contribution in [1.29, 1.82) is 0 Å². The number of carbonyl (C=O) groups is 2. The number of amides is 3. The molecular weight excluding hydrogens is 383 g/mol. The summed E-state index contributed by atoms with van der Waals surface area (Å²) < 4.78 is 15.3. The second kappa shape index (κ2) is 7.71. The highest BCUT2D eigenvalue weighted by atomic mass is 19.1. The van der Waals surface area contributed by atoms with Gasteiger partial charge in [-0.25, -0.2) is 14.0 Å². The van der Waals surface area contributed by atoms with Crippen molar-refractivity contribution < 1.29 is 14.0 Å². The van der Waals surface area contributed by atoms with Crippen molar-refractivity contribution in [3.63, 3.8) is 0 Å². The lowest BCUT2D eigenvalue weighted by atomic mass is 10.1. The first-order valence-electron chi connectivity index (χ1n) is 9.27. The standard InChI is InChI=1S/C23H19FN4O2/c1-14-6-11-18(24)19(12-14)27-23(30)26-17-9-7-15(8-10-17)21-13-16-4-2-3-5-20(16)28(21)22(25)29/h2-13H,1H3,(H2,25,29)(H2,26,27,30).